The van der Waals surface area contributed by atoms with Crippen LogP contribution in [0.25, 0.3) is 0 Å². The van der Waals surface area contributed by atoms with E-state index in [-0.39, 0.29) is 11.4 Å². The third-order valence-electron chi connectivity index (χ3n) is 4.63. The van der Waals surface area contributed by atoms with Crippen molar-refractivity contribution in [1.29, 1.82) is 0 Å². The third-order valence-corrected chi connectivity index (χ3v) is 7.48. The molecule has 8 nitrogen and oxygen atoms in total. The molecular formula is C20H20N4O4S2. The van der Waals surface area contributed by atoms with Crippen molar-refractivity contribution in [2.45, 2.75) is 17.9 Å². The molecule has 0 radical (unpaired) electrons. The number of hydrogen-bond acceptors (Lipinski definition) is 6. The number of sulfonamides is 1. The van der Waals surface area contributed by atoms with Crippen LogP contribution < -0.4 is 15.4 Å². The van der Waals surface area contributed by atoms with Crippen LogP contribution in [-0.2, 0) is 23.0 Å². The van der Waals surface area contributed by atoms with Gasteiger partial charge in [-0.25, -0.2) is 18.2 Å². The number of thiazole rings is 1. The zero-order valence-corrected chi connectivity index (χ0v) is 17.8. The number of nitrogens with one attached hydrogen (secondary N) is 2. The van der Waals surface area contributed by atoms with Gasteiger partial charge in [0.1, 0.15) is 5.75 Å². The molecule has 0 saturated heterocycles. The minimum Gasteiger partial charge on any atom is -0.497 e. The normalized spacial score (nSPS) is 14.0. The van der Waals surface area contributed by atoms with E-state index in [2.05, 4.69) is 15.6 Å². The predicted octanol–water partition coefficient (Wildman–Crippen LogP) is 3.54. The van der Waals surface area contributed by atoms with Crippen LogP contribution in [0.15, 0.2) is 59.5 Å². The highest BCUT2D eigenvalue weighted by Gasteiger charge is 2.30. The van der Waals surface area contributed by atoms with Crippen molar-refractivity contribution in [2.24, 2.45) is 0 Å². The molecule has 0 fully saturated rings. The Morgan fingerprint density at radius 1 is 1.13 bits per heavy atom. The van der Waals surface area contributed by atoms with E-state index in [0.29, 0.717) is 29.5 Å². The predicted molar refractivity (Wildman–Crippen MR) is 115 cm³/mol. The first-order valence-corrected chi connectivity index (χ1v) is 11.5. The Hall–Kier alpha value is -2.95. The van der Waals surface area contributed by atoms with Crippen molar-refractivity contribution < 1.29 is 17.9 Å². The summed E-state index contributed by atoms with van der Waals surface area (Å²) in [5, 5.41) is 5.88. The molecule has 0 unspecified atom stereocenters. The third kappa shape index (κ3) is 4.30. The minimum atomic E-state index is -3.57. The Bertz CT molecular complexity index is 1160. The van der Waals surface area contributed by atoms with Crippen LogP contribution >= 0.6 is 11.3 Å². The molecule has 2 aromatic carbocycles. The largest absolute Gasteiger partial charge is 0.497 e. The molecule has 1 aliphatic rings. The second-order valence-electron chi connectivity index (χ2n) is 6.60. The molecule has 0 spiro atoms. The number of methoxy groups -OCH3 is 1. The number of aromatic nitrogens is 1. The number of amides is 2. The van der Waals surface area contributed by atoms with E-state index in [1.807, 2.05) is 0 Å². The van der Waals surface area contributed by atoms with Crippen molar-refractivity contribution >= 4 is 38.2 Å². The van der Waals surface area contributed by atoms with Gasteiger partial charge >= 0.3 is 6.03 Å². The summed E-state index contributed by atoms with van der Waals surface area (Å²) in [7, 11) is -2.01. The Labute approximate surface area is 178 Å². The number of rotatable bonds is 5. The van der Waals surface area contributed by atoms with Gasteiger partial charge in [-0.1, -0.05) is 35.6 Å². The number of urea groups is 1. The lowest BCUT2D eigenvalue weighted by molar-refractivity contribution is 0.262. The molecule has 0 bridgehead atoms. The molecule has 0 atom stereocenters. The Morgan fingerprint density at radius 3 is 2.70 bits per heavy atom. The van der Waals surface area contributed by atoms with Gasteiger partial charge < -0.3 is 10.1 Å². The lowest BCUT2D eigenvalue weighted by Crippen LogP contribution is -2.35. The maximum atomic E-state index is 12.9. The molecule has 2 amide bonds. The van der Waals surface area contributed by atoms with E-state index in [9.17, 15) is 13.2 Å². The second kappa shape index (κ2) is 8.42. The molecule has 10 heteroatoms. The number of carbonyl (C=O) groups excluding carboxylic acids is 1. The fraction of sp³-hybridized carbons (Fsp3) is 0.200. The fourth-order valence-electron chi connectivity index (χ4n) is 3.13. The molecule has 1 aromatic heterocycles. The van der Waals surface area contributed by atoms with E-state index in [4.69, 9.17) is 4.74 Å². The van der Waals surface area contributed by atoms with Crippen molar-refractivity contribution in [3.05, 3.63) is 65.2 Å². The summed E-state index contributed by atoms with van der Waals surface area (Å²) in [6.45, 7) is 0.590. The van der Waals surface area contributed by atoms with Crippen LogP contribution in [-0.4, -0.2) is 37.4 Å². The van der Waals surface area contributed by atoms with Gasteiger partial charge in [-0.2, -0.15) is 4.31 Å². The number of nitrogens with zero attached hydrogens (tertiary/aromatic N) is 2. The van der Waals surface area contributed by atoms with E-state index in [1.54, 1.807) is 61.7 Å². The zero-order chi connectivity index (χ0) is 21.1. The molecule has 3 aromatic rings. The minimum absolute atomic E-state index is 0.239. The highest BCUT2D eigenvalue weighted by atomic mass is 32.2. The summed E-state index contributed by atoms with van der Waals surface area (Å²) in [6.07, 6.45) is 0.497. The maximum absolute atomic E-state index is 12.9. The number of benzene rings is 2. The van der Waals surface area contributed by atoms with Crippen molar-refractivity contribution in [2.75, 3.05) is 24.3 Å². The molecule has 0 aliphatic carbocycles. The number of hydrogen-bond donors (Lipinski definition) is 2. The first kappa shape index (κ1) is 20.3. The number of anilines is 2. The second-order valence-corrected chi connectivity index (χ2v) is 9.62. The van der Waals surface area contributed by atoms with Gasteiger partial charge in [0, 0.05) is 29.6 Å². The highest BCUT2D eigenvalue weighted by Crippen LogP contribution is 2.31. The van der Waals surface area contributed by atoms with Gasteiger partial charge in [0.15, 0.2) is 5.13 Å². The van der Waals surface area contributed by atoms with E-state index in [1.165, 1.54) is 15.6 Å². The molecule has 0 saturated carbocycles. The standard InChI is InChI=1S/C20H20N4O4S2/c1-28-15-7-5-6-14(12-15)21-19(25)23-20-22-17-10-11-24(13-18(17)29-20)30(26,27)16-8-3-2-4-9-16/h2-9,12H,10-11,13H2,1H3,(H2,21,22,23,25). The highest BCUT2D eigenvalue weighted by molar-refractivity contribution is 7.89. The van der Waals surface area contributed by atoms with Gasteiger partial charge in [0.2, 0.25) is 10.0 Å². The lowest BCUT2D eigenvalue weighted by Gasteiger charge is -2.25. The zero-order valence-electron chi connectivity index (χ0n) is 16.2. The van der Waals surface area contributed by atoms with Gasteiger partial charge in [-0.15, -0.1) is 0 Å². The van der Waals surface area contributed by atoms with Gasteiger partial charge in [-0.3, -0.25) is 5.32 Å². The SMILES string of the molecule is COc1cccc(NC(=O)Nc2nc3c(s2)CN(S(=O)(=O)c2ccccc2)CC3)c1. The Morgan fingerprint density at radius 2 is 1.93 bits per heavy atom. The number of fused-ring (bicyclic) bond motifs is 1. The van der Waals surface area contributed by atoms with E-state index in [0.717, 1.165) is 10.6 Å². The summed E-state index contributed by atoms with van der Waals surface area (Å²) >= 11 is 1.28. The first-order chi connectivity index (χ1) is 14.5. The molecule has 1 aliphatic heterocycles. The van der Waals surface area contributed by atoms with Crippen molar-refractivity contribution in [3.8, 4) is 5.75 Å². The van der Waals surface area contributed by atoms with Crippen LogP contribution in [0.4, 0.5) is 15.6 Å². The topological polar surface area (TPSA) is 101 Å². The molecule has 4 rings (SSSR count). The maximum Gasteiger partial charge on any atom is 0.325 e. The van der Waals surface area contributed by atoms with E-state index < -0.39 is 16.1 Å². The monoisotopic (exact) mass is 444 g/mol. The molecule has 2 N–H and O–H groups in total. The first-order valence-electron chi connectivity index (χ1n) is 9.21. The average Bonchev–Trinajstić information content (AvgIpc) is 3.15. The molecule has 30 heavy (non-hydrogen) atoms. The lowest BCUT2D eigenvalue weighted by atomic mass is 10.2. The summed E-state index contributed by atoms with van der Waals surface area (Å²) in [5.74, 6) is 0.636. The van der Waals surface area contributed by atoms with Crippen molar-refractivity contribution in [3.63, 3.8) is 0 Å². The average molecular weight is 445 g/mol. The van der Waals surface area contributed by atoms with Crippen LogP contribution in [0, 0.1) is 0 Å². The van der Waals surface area contributed by atoms with Gasteiger partial charge in [0.25, 0.3) is 0 Å². The summed E-state index contributed by atoms with van der Waals surface area (Å²) in [6, 6.07) is 15.0. The van der Waals surface area contributed by atoms with Crippen LogP contribution in [0.2, 0.25) is 0 Å². The van der Waals surface area contributed by atoms with Crippen LogP contribution in [0.3, 0.4) is 0 Å². The van der Waals surface area contributed by atoms with Crippen LogP contribution in [0.5, 0.6) is 5.75 Å². The number of ether oxygens (including phenoxy) is 1. The number of carbonyl (C=O) groups is 1. The van der Waals surface area contributed by atoms with Gasteiger partial charge in [-0.05, 0) is 24.3 Å². The van der Waals surface area contributed by atoms with Crippen LogP contribution in [0.1, 0.15) is 10.6 Å². The quantitative estimate of drug-likeness (QED) is 0.627. The van der Waals surface area contributed by atoms with Gasteiger partial charge in [0.05, 0.1) is 24.2 Å². The fourth-order valence-corrected chi connectivity index (χ4v) is 5.66. The van der Waals surface area contributed by atoms with Crippen molar-refractivity contribution in [1.82, 2.24) is 9.29 Å². The Kier molecular flexibility index (Phi) is 5.71. The molecular weight excluding hydrogens is 424 g/mol. The van der Waals surface area contributed by atoms with E-state index >= 15 is 0 Å². The smallest absolute Gasteiger partial charge is 0.325 e. The molecule has 2 heterocycles. The molecule has 156 valence electrons. The summed E-state index contributed by atoms with van der Waals surface area (Å²) < 4.78 is 32.3. The summed E-state index contributed by atoms with van der Waals surface area (Å²) in [5.41, 5.74) is 1.41. The summed E-state index contributed by atoms with van der Waals surface area (Å²) in [4.78, 5) is 17.9. The Balaban J connectivity index is 1.44.